The molecule has 0 aromatic heterocycles. The average molecular weight is 280 g/mol. The molecule has 0 saturated heterocycles. The molecule has 0 unspecified atom stereocenters. The molecule has 1 N–H and O–H groups in total. The molecule has 0 radical (unpaired) electrons. The molecule has 0 heterocycles. The fourth-order valence-electron chi connectivity index (χ4n) is 2.36. The van der Waals surface area contributed by atoms with Crippen LogP contribution in [-0.2, 0) is 6.61 Å². The third kappa shape index (κ3) is 2.63. The maximum Gasteiger partial charge on any atom is 0.130 e. The molecule has 3 nitrogen and oxygen atoms in total. The number of phenols is 1. The fraction of sp³-hybridized carbons (Fsp3) is 0.111. The first kappa shape index (κ1) is 13.3. The number of hydrogen-bond acceptors (Lipinski definition) is 3. The molecular weight excluding hydrogens is 264 g/mol. The summed E-state index contributed by atoms with van der Waals surface area (Å²) in [4.78, 5) is 0. The van der Waals surface area contributed by atoms with E-state index in [1.165, 1.54) is 0 Å². The number of hydrogen-bond donors (Lipinski definition) is 1. The lowest BCUT2D eigenvalue weighted by atomic mass is 10.1. The van der Waals surface area contributed by atoms with Crippen molar-refractivity contribution in [3.05, 3.63) is 66.2 Å². The molecule has 0 spiro atoms. The van der Waals surface area contributed by atoms with Gasteiger partial charge in [0.25, 0.3) is 0 Å². The van der Waals surface area contributed by atoms with Gasteiger partial charge in [0.05, 0.1) is 12.5 Å². The van der Waals surface area contributed by atoms with Crippen LogP contribution in [0.4, 0.5) is 0 Å². The number of rotatable bonds is 4. The van der Waals surface area contributed by atoms with Gasteiger partial charge in [-0.05, 0) is 23.8 Å². The van der Waals surface area contributed by atoms with Gasteiger partial charge < -0.3 is 14.6 Å². The first-order valence-electron chi connectivity index (χ1n) is 6.75. The predicted molar refractivity (Wildman–Crippen MR) is 82.9 cm³/mol. The lowest BCUT2D eigenvalue weighted by molar-refractivity contribution is 0.309. The zero-order chi connectivity index (χ0) is 14.7. The summed E-state index contributed by atoms with van der Waals surface area (Å²) in [5.74, 6) is 1.55. The Balaban J connectivity index is 1.98. The zero-order valence-electron chi connectivity index (χ0n) is 11.7. The highest BCUT2D eigenvalue weighted by Crippen LogP contribution is 2.38. The van der Waals surface area contributed by atoms with E-state index >= 15 is 0 Å². The van der Waals surface area contributed by atoms with Crippen LogP contribution in [0.1, 0.15) is 5.56 Å². The topological polar surface area (TPSA) is 38.7 Å². The maximum atomic E-state index is 10.1. The second kappa shape index (κ2) is 5.75. The molecule has 0 aliphatic carbocycles. The molecule has 106 valence electrons. The van der Waals surface area contributed by atoms with Gasteiger partial charge in [-0.3, -0.25) is 0 Å². The number of benzene rings is 3. The van der Waals surface area contributed by atoms with E-state index < -0.39 is 0 Å². The second-order valence-electron chi connectivity index (χ2n) is 4.74. The van der Waals surface area contributed by atoms with Crippen LogP contribution < -0.4 is 9.47 Å². The highest BCUT2D eigenvalue weighted by molar-refractivity contribution is 5.97. The van der Waals surface area contributed by atoms with Crippen molar-refractivity contribution in [1.82, 2.24) is 0 Å². The lowest BCUT2D eigenvalue weighted by Gasteiger charge is -2.12. The highest BCUT2D eigenvalue weighted by Gasteiger charge is 2.11. The molecule has 3 aromatic rings. The lowest BCUT2D eigenvalue weighted by Crippen LogP contribution is -1.96. The van der Waals surface area contributed by atoms with Crippen LogP contribution in [0, 0.1) is 0 Å². The third-order valence-electron chi connectivity index (χ3n) is 3.40. The largest absolute Gasteiger partial charge is 0.507 e. The quantitative estimate of drug-likeness (QED) is 0.781. The normalized spacial score (nSPS) is 10.5. The summed E-state index contributed by atoms with van der Waals surface area (Å²) in [6.07, 6.45) is 0. The van der Waals surface area contributed by atoms with Crippen molar-refractivity contribution in [3.8, 4) is 17.2 Å². The average Bonchev–Trinajstić information content (AvgIpc) is 2.54. The molecule has 21 heavy (non-hydrogen) atoms. The number of aromatic hydroxyl groups is 1. The molecule has 0 aliphatic heterocycles. The molecule has 3 heteroatoms. The van der Waals surface area contributed by atoms with Crippen LogP contribution in [0.5, 0.6) is 17.2 Å². The van der Waals surface area contributed by atoms with Crippen LogP contribution in [0.15, 0.2) is 60.7 Å². The van der Waals surface area contributed by atoms with E-state index in [4.69, 9.17) is 9.47 Å². The molecule has 0 bridgehead atoms. The monoisotopic (exact) mass is 280 g/mol. The van der Waals surface area contributed by atoms with Crippen molar-refractivity contribution in [2.75, 3.05) is 7.11 Å². The van der Waals surface area contributed by atoms with E-state index in [-0.39, 0.29) is 5.75 Å². The Bertz CT molecular complexity index is 751. The maximum absolute atomic E-state index is 10.1. The first-order chi connectivity index (χ1) is 10.3. The standard InChI is InChI=1S/C18H16O3/c1-20-17-9-5-8-14-16(11-10-15(19)18(14)17)21-12-13-6-3-2-4-7-13/h2-11,19H,12H2,1H3. The second-order valence-corrected chi connectivity index (χ2v) is 4.74. The van der Waals surface area contributed by atoms with Gasteiger partial charge in [-0.2, -0.15) is 0 Å². The van der Waals surface area contributed by atoms with Crippen LogP contribution in [0.3, 0.4) is 0 Å². The Kier molecular flexibility index (Phi) is 3.65. The van der Waals surface area contributed by atoms with Crippen LogP contribution in [0.2, 0.25) is 0 Å². The van der Waals surface area contributed by atoms with Crippen molar-refractivity contribution in [3.63, 3.8) is 0 Å². The van der Waals surface area contributed by atoms with Gasteiger partial charge in [0, 0.05) is 5.39 Å². The van der Waals surface area contributed by atoms with Gasteiger partial charge in [-0.25, -0.2) is 0 Å². The summed E-state index contributed by atoms with van der Waals surface area (Å²) in [7, 11) is 1.59. The number of methoxy groups -OCH3 is 1. The minimum Gasteiger partial charge on any atom is -0.507 e. The van der Waals surface area contributed by atoms with Crippen molar-refractivity contribution in [2.24, 2.45) is 0 Å². The Hall–Kier alpha value is -2.68. The summed E-state index contributed by atoms with van der Waals surface area (Å²) in [5, 5.41) is 11.6. The minimum absolute atomic E-state index is 0.189. The van der Waals surface area contributed by atoms with Crippen molar-refractivity contribution < 1.29 is 14.6 Å². The number of fused-ring (bicyclic) bond motifs is 1. The van der Waals surface area contributed by atoms with Gasteiger partial charge in [0.1, 0.15) is 23.9 Å². The molecule has 0 atom stereocenters. The summed E-state index contributed by atoms with van der Waals surface area (Å²) >= 11 is 0. The SMILES string of the molecule is COc1cccc2c(OCc3ccccc3)ccc(O)c12. The molecule has 0 fully saturated rings. The predicted octanol–water partition coefficient (Wildman–Crippen LogP) is 4.13. The molecule has 0 amide bonds. The number of phenolic OH excluding ortho intramolecular Hbond substituents is 1. The minimum atomic E-state index is 0.189. The summed E-state index contributed by atoms with van der Waals surface area (Å²) < 4.78 is 11.2. The van der Waals surface area contributed by atoms with Crippen LogP contribution in [0.25, 0.3) is 10.8 Å². The van der Waals surface area contributed by atoms with Gasteiger partial charge >= 0.3 is 0 Å². The van der Waals surface area contributed by atoms with E-state index in [0.717, 1.165) is 16.7 Å². The van der Waals surface area contributed by atoms with E-state index in [0.29, 0.717) is 17.7 Å². The van der Waals surface area contributed by atoms with E-state index in [1.54, 1.807) is 19.2 Å². The van der Waals surface area contributed by atoms with E-state index in [1.807, 2.05) is 48.5 Å². The van der Waals surface area contributed by atoms with E-state index in [9.17, 15) is 5.11 Å². The molecule has 3 rings (SSSR count). The van der Waals surface area contributed by atoms with Crippen LogP contribution in [-0.4, -0.2) is 12.2 Å². The third-order valence-corrected chi connectivity index (χ3v) is 3.40. The highest BCUT2D eigenvalue weighted by atomic mass is 16.5. The molecular formula is C18H16O3. The number of ether oxygens (including phenoxy) is 2. The van der Waals surface area contributed by atoms with Crippen molar-refractivity contribution in [2.45, 2.75) is 6.61 Å². The summed E-state index contributed by atoms with van der Waals surface area (Å²) in [6.45, 7) is 0.484. The Morgan fingerprint density at radius 3 is 2.43 bits per heavy atom. The summed E-state index contributed by atoms with van der Waals surface area (Å²) in [6, 6.07) is 19.0. The Labute approximate surface area is 123 Å². The fourth-order valence-corrected chi connectivity index (χ4v) is 2.36. The van der Waals surface area contributed by atoms with Crippen LogP contribution >= 0.6 is 0 Å². The first-order valence-corrected chi connectivity index (χ1v) is 6.75. The Morgan fingerprint density at radius 2 is 1.67 bits per heavy atom. The molecule has 3 aromatic carbocycles. The van der Waals surface area contributed by atoms with E-state index in [2.05, 4.69) is 0 Å². The Morgan fingerprint density at radius 1 is 0.857 bits per heavy atom. The van der Waals surface area contributed by atoms with Gasteiger partial charge in [0.2, 0.25) is 0 Å². The van der Waals surface area contributed by atoms with Crippen molar-refractivity contribution >= 4 is 10.8 Å². The van der Waals surface area contributed by atoms with Gasteiger partial charge in [0.15, 0.2) is 0 Å². The van der Waals surface area contributed by atoms with Gasteiger partial charge in [-0.15, -0.1) is 0 Å². The smallest absolute Gasteiger partial charge is 0.130 e. The molecule has 0 aliphatic rings. The van der Waals surface area contributed by atoms with Gasteiger partial charge in [-0.1, -0.05) is 42.5 Å². The zero-order valence-corrected chi connectivity index (χ0v) is 11.7. The molecule has 0 saturated carbocycles. The van der Waals surface area contributed by atoms with Crippen molar-refractivity contribution in [1.29, 1.82) is 0 Å². The summed E-state index contributed by atoms with van der Waals surface area (Å²) in [5.41, 5.74) is 1.10.